The van der Waals surface area contributed by atoms with Crippen LogP contribution in [0.2, 0.25) is 0 Å². The molecule has 1 atom stereocenters. The molecule has 1 aliphatic carbocycles. The third-order valence-corrected chi connectivity index (χ3v) is 3.37. The lowest BCUT2D eigenvalue weighted by Gasteiger charge is -2.25. The third-order valence-electron chi connectivity index (χ3n) is 3.37. The minimum absolute atomic E-state index is 0.229. The lowest BCUT2D eigenvalue weighted by atomic mass is 9.80. The topological polar surface area (TPSA) is 63.6 Å². The van der Waals surface area contributed by atoms with Gasteiger partial charge in [-0.05, 0) is 26.2 Å². The molecule has 1 rings (SSSR count). The smallest absolute Gasteiger partial charge is 0.323 e. The quantitative estimate of drug-likeness (QED) is 0.579. The maximum atomic E-state index is 11.7. The highest BCUT2D eigenvalue weighted by Crippen LogP contribution is 2.36. The minimum Gasteiger partial charge on any atom is -0.480 e. The molecule has 0 aromatic carbocycles. The summed E-state index contributed by atoms with van der Waals surface area (Å²) >= 11 is 0. The lowest BCUT2D eigenvalue weighted by molar-refractivity contribution is -0.168. The molecule has 0 heterocycles. The van der Waals surface area contributed by atoms with Crippen molar-refractivity contribution in [2.24, 2.45) is 11.3 Å². The summed E-state index contributed by atoms with van der Waals surface area (Å²) < 4.78 is 4.86. The Labute approximate surface area is 96.0 Å². The van der Waals surface area contributed by atoms with Crippen LogP contribution >= 0.6 is 0 Å². The fourth-order valence-electron chi connectivity index (χ4n) is 2.34. The second kappa shape index (κ2) is 5.32. The summed E-state index contributed by atoms with van der Waals surface area (Å²) in [6.45, 7) is 3.40. The molecule has 1 fully saturated rings. The van der Waals surface area contributed by atoms with Gasteiger partial charge in [-0.15, -0.1) is 0 Å². The fourth-order valence-corrected chi connectivity index (χ4v) is 2.34. The van der Waals surface area contributed by atoms with Crippen LogP contribution < -0.4 is 0 Å². The van der Waals surface area contributed by atoms with E-state index in [1.54, 1.807) is 6.92 Å². The standard InChI is InChI=1S/C12H20O4/c1-3-16-11(15)12(2,10(13)14)8-9-6-4-5-7-9/h9H,3-8H2,1-2H3,(H,13,14). The van der Waals surface area contributed by atoms with E-state index in [-0.39, 0.29) is 6.61 Å². The van der Waals surface area contributed by atoms with Crippen molar-refractivity contribution in [1.82, 2.24) is 0 Å². The van der Waals surface area contributed by atoms with Gasteiger partial charge in [0.25, 0.3) is 0 Å². The van der Waals surface area contributed by atoms with Gasteiger partial charge in [-0.25, -0.2) is 0 Å². The van der Waals surface area contributed by atoms with Crippen LogP contribution in [0.5, 0.6) is 0 Å². The van der Waals surface area contributed by atoms with E-state index < -0.39 is 17.4 Å². The molecular formula is C12H20O4. The number of carbonyl (C=O) groups is 2. The number of hydrogen-bond acceptors (Lipinski definition) is 3. The summed E-state index contributed by atoms with van der Waals surface area (Å²) in [6, 6.07) is 0. The summed E-state index contributed by atoms with van der Waals surface area (Å²) in [4.78, 5) is 22.9. The van der Waals surface area contributed by atoms with Gasteiger partial charge >= 0.3 is 11.9 Å². The molecule has 1 unspecified atom stereocenters. The molecule has 1 N–H and O–H groups in total. The van der Waals surface area contributed by atoms with Crippen LogP contribution in [0.3, 0.4) is 0 Å². The predicted octanol–water partition coefficient (Wildman–Crippen LogP) is 2.22. The Kier molecular flexibility index (Phi) is 4.33. The summed E-state index contributed by atoms with van der Waals surface area (Å²) in [7, 11) is 0. The first-order chi connectivity index (χ1) is 7.50. The second-order valence-electron chi connectivity index (χ2n) is 4.71. The van der Waals surface area contributed by atoms with E-state index >= 15 is 0 Å². The Morgan fingerprint density at radius 1 is 1.38 bits per heavy atom. The highest BCUT2D eigenvalue weighted by Gasteiger charge is 2.44. The van der Waals surface area contributed by atoms with Gasteiger partial charge in [-0.3, -0.25) is 9.59 Å². The highest BCUT2D eigenvalue weighted by molar-refractivity contribution is 5.98. The molecule has 0 saturated heterocycles. The molecule has 92 valence electrons. The van der Waals surface area contributed by atoms with Crippen LogP contribution in [0.25, 0.3) is 0 Å². The van der Waals surface area contributed by atoms with Gasteiger partial charge in [0.05, 0.1) is 6.61 Å². The Morgan fingerprint density at radius 3 is 2.38 bits per heavy atom. The van der Waals surface area contributed by atoms with Gasteiger partial charge < -0.3 is 9.84 Å². The average Bonchev–Trinajstić information content (AvgIpc) is 2.70. The SMILES string of the molecule is CCOC(=O)C(C)(CC1CCCC1)C(=O)O. The monoisotopic (exact) mass is 228 g/mol. The van der Waals surface area contributed by atoms with E-state index in [1.807, 2.05) is 0 Å². The zero-order chi connectivity index (χ0) is 12.2. The minimum atomic E-state index is -1.37. The Morgan fingerprint density at radius 2 is 1.94 bits per heavy atom. The van der Waals surface area contributed by atoms with E-state index in [4.69, 9.17) is 4.74 Å². The van der Waals surface area contributed by atoms with Crippen LogP contribution in [0.15, 0.2) is 0 Å². The number of esters is 1. The molecule has 0 radical (unpaired) electrons. The average molecular weight is 228 g/mol. The summed E-state index contributed by atoms with van der Waals surface area (Å²) in [5, 5.41) is 9.19. The number of hydrogen-bond donors (Lipinski definition) is 1. The van der Waals surface area contributed by atoms with Crippen molar-refractivity contribution in [2.45, 2.75) is 46.0 Å². The van der Waals surface area contributed by atoms with E-state index in [2.05, 4.69) is 0 Å². The fraction of sp³-hybridized carbons (Fsp3) is 0.833. The van der Waals surface area contributed by atoms with Crippen molar-refractivity contribution in [3.63, 3.8) is 0 Å². The number of carbonyl (C=O) groups excluding carboxylic acids is 1. The van der Waals surface area contributed by atoms with Crippen molar-refractivity contribution in [3.8, 4) is 0 Å². The van der Waals surface area contributed by atoms with Crippen molar-refractivity contribution >= 4 is 11.9 Å². The molecule has 1 aliphatic rings. The zero-order valence-corrected chi connectivity index (χ0v) is 9.99. The van der Waals surface area contributed by atoms with Crippen LogP contribution in [0.1, 0.15) is 46.0 Å². The maximum Gasteiger partial charge on any atom is 0.323 e. The number of aliphatic carboxylic acids is 1. The molecule has 1 saturated carbocycles. The Bertz CT molecular complexity index is 268. The molecule has 0 bridgehead atoms. The number of carboxylic acids is 1. The lowest BCUT2D eigenvalue weighted by Crippen LogP contribution is -2.39. The van der Waals surface area contributed by atoms with Crippen LogP contribution in [0.4, 0.5) is 0 Å². The highest BCUT2D eigenvalue weighted by atomic mass is 16.5. The summed E-state index contributed by atoms with van der Waals surface area (Å²) in [5.74, 6) is -1.32. The first-order valence-electron chi connectivity index (χ1n) is 5.91. The van der Waals surface area contributed by atoms with Crippen molar-refractivity contribution in [2.75, 3.05) is 6.61 Å². The van der Waals surface area contributed by atoms with Crippen LogP contribution in [0, 0.1) is 11.3 Å². The van der Waals surface area contributed by atoms with Gasteiger partial charge in [-0.1, -0.05) is 25.7 Å². The number of ether oxygens (including phenoxy) is 1. The molecule has 0 amide bonds. The Balaban J connectivity index is 2.70. The molecule has 0 aliphatic heterocycles. The van der Waals surface area contributed by atoms with Crippen molar-refractivity contribution in [3.05, 3.63) is 0 Å². The summed E-state index contributed by atoms with van der Waals surface area (Å²) in [5.41, 5.74) is -1.37. The van der Waals surface area contributed by atoms with Crippen LogP contribution in [-0.4, -0.2) is 23.7 Å². The van der Waals surface area contributed by atoms with Gasteiger partial charge in [0, 0.05) is 0 Å². The van der Waals surface area contributed by atoms with Crippen LogP contribution in [-0.2, 0) is 14.3 Å². The number of carboxylic acid groups (broad SMARTS) is 1. The molecule has 0 aromatic rings. The predicted molar refractivity (Wildman–Crippen MR) is 59.0 cm³/mol. The van der Waals surface area contributed by atoms with E-state index in [0.29, 0.717) is 12.3 Å². The largest absolute Gasteiger partial charge is 0.480 e. The molecule has 4 nitrogen and oxygen atoms in total. The third kappa shape index (κ3) is 2.74. The van der Waals surface area contributed by atoms with E-state index in [1.165, 1.54) is 6.92 Å². The normalized spacial score (nSPS) is 20.4. The van der Waals surface area contributed by atoms with Crippen molar-refractivity contribution in [1.29, 1.82) is 0 Å². The van der Waals surface area contributed by atoms with Gasteiger partial charge in [-0.2, -0.15) is 0 Å². The molecular weight excluding hydrogens is 208 g/mol. The van der Waals surface area contributed by atoms with Gasteiger partial charge in [0.1, 0.15) is 0 Å². The van der Waals surface area contributed by atoms with E-state index in [9.17, 15) is 14.7 Å². The molecule has 0 aromatic heterocycles. The molecule has 0 spiro atoms. The second-order valence-corrected chi connectivity index (χ2v) is 4.71. The van der Waals surface area contributed by atoms with Crippen molar-refractivity contribution < 1.29 is 19.4 Å². The number of rotatable bonds is 5. The first-order valence-corrected chi connectivity index (χ1v) is 5.91. The van der Waals surface area contributed by atoms with Gasteiger partial charge in [0.15, 0.2) is 5.41 Å². The molecule has 4 heteroatoms. The Hall–Kier alpha value is -1.06. The van der Waals surface area contributed by atoms with E-state index in [0.717, 1.165) is 25.7 Å². The maximum absolute atomic E-state index is 11.7. The molecule has 16 heavy (non-hydrogen) atoms. The summed E-state index contributed by atoms with van der Waals surface area (Å²) in [6.07, 6.45) is 4.75. The van der Waals surface area contributed by atoms with Gasteiger partial charge in [0.2, 0.25) is 0 Å². The zero-order valence-electron chi connectivity index (χ0n) is 9.99. The first kappa shape index (κ1) is 13.0.